The number of anilines is 1. The van der Waals surface area contributed by atoms with Crippen molar-refractivity contribution in [3.8, 4) is 0 Å². The molecule has 6 nitrogen and oxygen atoms in total. The number of nitrogens with one attached hydrogen (secondary N) is 3. The molecule has 1 aliphatic rings. The molecule has 1 heterocycles. The second-order valence-electron chi connectivity index (χ2n) is 7.30. The number of rotatable bonds is 7. The Morgan fingerprint density at radius 3 is 2.78 bits per heavy atom. The van der Waals surface area contributed by atoms with Gasteiger partial charge >= 0.3 is 0 Å². The van der Waals surface area contributed by atoms with Gasteiger partial charge in [-0.2, -0.15) is 5.10 Å². The normalized spacial score (nSPS) is 13.1. The third-order valence-electron chi connectivity index (χ3n) is 5.07. The maximum Gasteiger partial charge on any atom is 0.226 e. The fourth-order valence-electron chi connectivity index (χ4n) is 3.48. The van der Waals surface area contributed by atoms with Crippen LogP contribution in [0.1, 0.15) is 53.8 Å². The molecular formula is C21H28N4O2. The minimum Gasteiger partial charge on any atom is -0.356 e. The van der Waals surface area contributed by atoms with Crippen LogP contribution in [0.5, 0.6) is 0 Å². The summed E-state index contributed by atoms with van der Waals surface area (Å²) in [5.41, 5.74) is 6.52. The highest BCUT2D eigenvalue weighted by Crippen LogP contribution is 2.22. The van der Waals surface area contributed by atoms with Crippen LogP contribution < -0.4 is 10.6 Å². The molecule has 0 radical (unpaired) electrons. The van der Waals surface area contributed by atoms with Gasteiger partial charge in [0.1, 0.15) is 0 Å². The lowest BCUT2D eigenvalue weighted by molar-refractivity contribution is -0.121. The summed E-state index contributed by atoms with van der Waals surface area (Å²) in [5.74, 6) is -0.132. The van der Waals surface area contributed by atoms with Crippen molar-refractivity contribution in [1.82, 2.24) is 15.5 Å². The second kappa shape index (κ2) is 8.84. The van der Waals surface area contributed by atoms with E-state index in [1.165, 1.54) is 24.1 Å². The van der Waals surface area contributed by atoms with Crippen LogP contribution in [0.25, 0.3) is 0 Å². The molecule has 0 atom stereocenters. The van der Waals surface area contributed by atoms with Gasteiger partial charge in [-0.3, -0.25) is 14.7 Å². The standard InChI is InChI=1S/C21H28N4O2/c1-14-7-8-15(2)19(13-14)23-21(27)11-12-22-20(26)10-9-18-16-5-3-4-6-17(16)24-25-18/h7-8,13H,3-6,9-12H2,1-2H3,(H,22,26)(H,23,27)(H,24,25). The van der Waals surface area contributed by atoms with Crippen LogP contribution in [0, 0.1) is 13.8 Å². The van der Waals surface area contributed by atoms with Crippen molar-refractivity contribution < 1.29 is 9.59 Å². The number of hydrogen-bond donors (Lipinski definition) is 3. The highest BCUT2D eigenvalue weighted by Gasteiger charge is 2.17. The average molecular weight is 368 g/mol. The number of carbonyl (C=O) groups is 2. The van der Waals surface area contributed by atoms with Crippen molar-refractivity contribution in [3.05, 3.63) is 46.3 Å². The molecule has 1 aromatic carbocycles. The number of H-pyrrole nitrogens is 1. The van der Waals surface area contributed by atoms with Gasteiger partial charge in [0.25, 0.3) is 0 Å². The lowest BCUT2D eigenvalue weighted by Gasteiger charge is -2.11. The van der Waals surface area contributed by atoms with Crippen LogP contribution in [0.2, 0.25) is 0 Å². The van der Waals surface area contributed by atoms with Crippen LogP contribution in [0.15, 0.2) is 18.2 Å². The van der Waals surface area contributed by atoms with Crippen LogP contribution in [-0.2, 0) is 28.9 Å². The molecule has 0 saturated carbocycles. The first-order valence-electron chi connectivity index (χ1n) is 9.71. The van der Waals surface area contributed by atoms with Crippen molar-refractivity contribution >= 4 is 17.5 Å². The molecule has 0 aliphatic heterocycles. The molecular weight excluding hydrogens is 340 g/mol. The number of aromatic nitrogens is 2. The zero-order chi connectivity index (χ0) is 19.2. The van der Waals surface area contributed by atoms with Crippen LogP contribution in [0.4, 0.5) is 5.69 Å². The van der Waals surface area contributed by atoms with E-state index >= 15 is 0 Å². The minimum absolute atomic E-state index is 0.0397. The zero-order valence-corrected chi connectivity index (χ0v) is 16.2. The second-order valence-corrected chi connectivity index (χ2v) is 7.30. The Kier molecular flexibility index (Phi) is 6.27. The zero-order valence-electron chi connectivity index (χ0n) is 16.2. The van der Waals surface area contributed by atoms with Crippen molar-refractivity contribution in [1.29, 1.82) is 0 Å². The molecule has 0 fully saturated rings. The topological polar surface area (TPSA) is 86.9 Å². The predicted octanol–water partition coefficient (Wildman–Crippen LogP) is 2.98. The summed E-state index contributed by atoms with van der Waals surface area (Å²) >= 11 is 0. The monoisotopic (exact) mass is 368 g/mol. The van der Waals surface area contributed by atoms with Crippen LogP contribution >= 0.6 is 0 Å². The largest absolute Gasteiger partial charge is 0.356 e. The van der Waals surface area contributed by atoms with Crippen LogP contribution in [0.3, 0.4) is 0 Å². The van der Waals surface area contributed by atoms with E-state index in [2.05, 4.69) is 20.8 Å². The Bertz CT molecular complexity index is 826. The first kappa shape index (κ1) is 19.1. The smallest absolute Gasteiger partial charge is 0.226 e. The highest BCUT2D eigenvalue weighted by molar-refractivity contribution is 5.92. The molecule has 2 amide bonds. The number of benzene rings is 1. The molecule has 6 heteroatoms. The van der Waals surface area contributed by atoms with Crippen molar-refractivity contribution in [2.75, 3.05) is 11.9 Å². The van der Waals surface area contributed by atoms with Crippen molar-refractivity contribution in [2.45, 2.75) is 58.8 Å². The van der Waals surface area contributed by atoms with E-state index in [9.17, 15) is 9.59 Å². The molecule has 3 rings (SSSR count). The Morgan fingerprint density at radius 2 is 1.93 bits per heavy atom. The van der Waals surface area contributed by atoms with Gasteiger partial charge in [0, 0.05) is 37.2 Å². The maximum absolute atomic E-state index is 12.1. The van der Waals surface area contributed by atoms with Gasteiger partial charge in [-0.25, -0.2) is 0 Å². The minimum atomic E-state index is -0.0922. The van der Waals surface area contributed by atoms with Gasteiger partial charge in [0.05, 0.1) is 5.69 Å². The molecule has 2 aromatic rings. The lowest BCUT2D eigenvalue weighted by Crippen LogP contribution is -2.28. The van der Waals surface area contributed by atoms with E-state index in [1.54, 1.807) is 0 Å². The third kappa shape index (κ3) is 5.18. The van der Waals surface area contributed by atoms with Crippen molar-refractivity contribution in [3.63, 3.8) is 0 Å². The molecule has 0 spiro atoms. The number of carbonyl (C=O) groups excluding carboxylic acids is 2. The summed E-state index contributed by atoms with van der Waals surface area (Å²) in [5, 5.41) is 13.2. The Labute approximate surface area is 160 Å². The Morgan fingerprint density at radius 1 is 1.11 bits per heavy atom. The predicted molar refractivity (Wildman–Crippen MR) is 106 cm³/mol. The molecule has 1 aliphatic carbocycles. The summed E-state index contributed by atoms with van der Waals surface area (Å²) in [6, 6.07) is 5.96. The van der Waals surface area contributed by atoms with Gasteiger partial charge in [-0.1, -0.05) is 12.1 Å². The highest BCUT2D eigenvalue weighted by atomic mass is 16.2. The number of amides is 2. The molecule has 0 unspecified atom stereocenters. The quantitative estimate of drug-likeness (QED) is 0.702. The molecule has 1 aromatic heterocycles. The summed E-state index contributed by atoms with van der Waals surface area (Å²) < 4.78 is 0. The molecule has 3 N–H and O–H groups in total. The molecule has 0 saturated heterocycles. The van der Waals surface area contributed by atoms with E-state index in [-0.39, 0.29) is 18.2 Å². The number of aryl methyl sites for hydroxylation is 4. The number of fused-ring (bicyclic) bond motifs is 1. The van der Waals surface area contributed by atoms with E-state index in [0.717, 1.165) is 35.3 Å². The van der Waals surface area contributed by atoms with Gasteiger partial charge < -0.3 is 10.6 Å². The fourth-order valence-corrected chi connectivity index (χ4v) is 3.48. The summed E-state index contributed by atoms with van der Waals surface area (Å²) in [6.07, 6.45) is 5.82. The van der Waals surface area contributed by atoms with E-state index in [0.29, 0.717) is 19.4 Å². The van der Waals surface area contributed by atoms with Gasteiger partial charge in [-0.05, 0) is 62.3 Å². The van der Waals surface area contributed by atoms with E-state index in [4.69, 9.17) is 0 Å². The van der Waals surface area contributed by atoms with Crippen LogP contribution in [-0.4, -0.2) is 28.6 Å². The van der Waals surface area contributed by atoms with Crippen molar-refractivity contribution in [2.24, 2.45) is 0 Å². The Balaban J connectivity index is 1.38. The molecule has 27 heavy (non-hydrogen) atoms. The third-order valence-corrected chi connectivity index (χ3v) is 5.07. The number of aromatic amines is 1. The van der Waals surface area contributed by atoms with E-state index in [1.807, 2.05) is 32.0 Å². The summed E-state index contributed by atoms with van der Waals surface area (Å²) in [4.78, 5) is 24.2. The Hall–Kier alpha value is -2.63. The average Bonchev–Trinajstić information content (AvgIpc) is 3.06. The van der Waals surface area contributed by atoms with Gasteiger partial charge in [0.15, 0.2) is 0 Å². The summed E-state index contributed by atoms with van der Waals surface area (Å²) in [6.45, 7) is 4.30. The summed E-state index contributed by atoms with van der Waals surface area (Å²) in [7, 11) is 0. The lowest BCUT2D eigenvalue weighted by atomic mass is 9.94. The van der Waals surface area contributed by atoms with Gasteiger partial charge in [-0.15, -0.1) is 0 Å². The number of nitrogens with zero attached hydrogens (tertiary/aromatic N) is 1. The SMILES string of the molecule is Cc1ccc(C)c(NC(=O)CCNC(=O)CCc2n[nH]c3c2CCCC3)c1. The molecule has 0 bridgehead atoms. The molecule has 144 valence electrons. The van der Waals surface area contributed by atoms with E-state index < -0.39 is 0 Å². The van der Waals surface area contributed by atoms with Gasteiger partial charge in [0.2, 0.25) is 11.8 Å². The maximum atomic E-state index is 12.1. The fraction of sp³-hybridized carbons (Fsp3) is 0.476. The number of hydrogen-bond acceptors (Lipinski definition) is 3. The first-order chi connectivity index (χ1) is 13.0. The first-order valence-corrected chi connectivity index (χ1v) is 9.71.